The number of Topliss-reactive ketones (excluding diaryl/α,β-unsaturated/α-hetero) is 1. The Labute approximate surface area is 213 Å². The predicted octanol–water partition coefficient (Wildman–Crippen LogP) is 5.12. The number of fused-ring (bicyclic) bond motifs is 5. The third kappa shape index (κ3) is 3.48. The van der Waals surface area contributed by atoms with Gasteiger partial charge in [0.2, 0.25) is 11.8 Å². The largest absolute Gasteiger partial charge is 0.417 e. The summed E-state index contributed by atoms with van der Waals surface area (Å²) < 4.78 is 40.6. The van der Waals surface area contributed by atoms with Gasteiger partial charge in [-0.05, 0) is 29.3 Å². The van der Waals surface area contributed by atoms with Gasteiger partial charge in [-0.2, -0.15) is 18.3 Å². The lowest BCUT2D eigenvalue weighted by Crippen LogP contribution is -2.44. The molecule has 3 aromatic carbocycles. The van der Waals surface area contributed by atoms with Gasteiger partial charge in [-0.3, -0.25) is 19.4 Å². The molecule has 10 heteroatoms. The monoisotopic (exact) mass is 523 g/mol. The lowest BCUT2D eigenvalue weighted by atomic mass is 9.83. The molecule has 0 aromatic heterocycles. The zero-order valence-electron chi connectivity index (χ0n) is 18.9. The highest BCUT2D eigenvalue weighted by atomic mass is 35.5. The number of nitrogens with zero attached hydrogens (tertiary/aromatic N) is 3. The van der Waals surface area contributed by atoms with Crippen LogP contribution in [0.25, 0.3) is 0 Å². The molecule has 1 unspecified atom stereocenters. The van der Waals surface area contributed by atoms with Gasteiger partial charge in [-0.1, -0.05) is 66.2 Å². The van der Waals surface area contributed by atoms with Crippen LogP contribution in [0.1, 0.15) is 33.1 Å². The third-order valence-corrected chi connectivity index (χ3v) is 7.46. The van der Waals surface area contributed by atoms with Crippen molar-refractivity contribution in [2.75, 3.05) is 4.90 Å². The Morgan fingerprint density at radius 1 is 0.892 bits per heavy atom. The Morgan fingerprint density at radius 2 is 1.57 bits per heavy atom. The molecule has 0 spiro atoms. The number of benzene rings is 3. The first-order valence-electron chi connectivity index (χ1n) is 11.4. The highest BCUT2D eigenvalue weighted by Gasteiger charge is 2.65. The third-order valence-electron chi connectivity index (χ3n) is 7.13. The van der Waals surface area contributed by atoms with Crippen LogP contribution in [0.2, 0.25) is 5.02 Å². The minimum atomic E-state index is -4.78. The van der Waals surface area contributed by atoms with Crippen LogP contribution >= 0.6 is 11.6 Å². The number of halogens is 4. The Kier molecular flexibility index (Phi) is 5.24. The van der Waals surface area contributed by atoms with Gasteiger partial charge in [0.25, 0.3) is 0 Å². The van der Waals surface area contributed by atoms with E-state index in [1.54, 1.807) is 54.7 Å². The number of amides is 2. The second-order valence-corrected chi connectivity index (χ2v) is 9.51. The summed E-state index contributed by atoms with van der Waals surface area (Å²) in [5.41, 5.74) is 0.387. The van der Waals surface area contributed by atoms with Gasteiger partial charge in [0.05, 0.1) is 40.4 Å². The highest BCUT2D eigenvalue weighted by Crippen LogP contribution is 2.53. The molecule has 3 aliphatic heterocycles. The first-order chi connectivity index (χ1) is 17.7. The Hall–Kier alpha value is -3.98. The van der Waals surface area contributed by atoms with E-state index >= 15 is 0 Å². The number of alkyl halides is 3. The smallest absolute Gasteiger partial charge is 0.292 e. The fourth-order valence-electron chi connectivity index (χ4n) is 5.57. The Balaban J connectivity index is 1.49. The number of rotatable bonds is 3. The predicted molar refractivity (Wildman–Crippen MR) is 129 cm³/mol. The zero-order chi connectivity index (χ0) is 26.1. The number of carbonyl (C=O) groups excluding carboxylic acids is 3. The standard InChI is InChI=1S/C27H17ClF3N3O3/c28-19-11-10-16(12-18(19)27(29,30)31)33-25(36)20-21(26(33)37)23(24(35)14-6-2-1-3-7-14)34-22(20)17-9-5-4-8-15(17)13-32-34/h1-13,20-23H/t20-,21+,22?,23-/m1/s1. The van der Waals surface area contributed by atoms with Crippen molar-refractivity contribution in [2.45, 2.75) is 18.3 Å². The van der Waals surface area contributed by atoms with Gasteiger partial charge < -0.3 is 0 Å². The summed E-state index contributed by atoms with van der Waals surface area (Å²) in [7, 11) is 0. The molecular weight excluding hydrogens is 507 g/mol. The molecule has 37 heavy (non-hydrogen) atoms. The summed E-state index contributed by atoms with van der Waals surface area (Å²) in [6, 6.07) is 16.6. The van der Waals surface area contributed by atoms with Crippen LogP contribution in [0, 0.1) is 11.8 Å². The summed E-state index contributed by atoms with van der Waals surface area (Å²) in [5, 5.41) is 5.42. The number of hydrazone groups is 1. The molecule has 2 fully saturated rings. The van der Waals surface area contributed by atoms with E-state index in [1.165, 1.54) is 11.1 Å². The lowest BCUT2D eigenvalue weighted by Gasteiger charge is -2.33. The van der Waals surface area contributed by atoms with Crippen molar-refractivity contribution >= 4 is 41.1 Å². The Bertz CT molecular complexity index is 1490. The van der Waals surface area contributed by atoms with Crippen molar-refractivity contribution in [1.82, 2.24) is 5.01 Å². The van der Waals surface area contributed by atoms with E-state index in [2.05, 4.69) is 5.10 Å². The average molecular weight is 524 g/mol. The number of imide groups is 1. The zero-order valence-corrected chi connectivity index (χ0v) is 19.6. The van der Waals surface area contributed by atoms with Gasteiger partial charge >= 0.3 is 6.18 Å². The van der Waals surface area contributed by atoms with Crippen LogP contribution in [0.3, 0.4) is 0 Å². The molecule has 0 N–H and O–H groups in total. The molecule has 3 aromatic rings. The normalized spacial score (nSPS) is 24.2. The lowest BCUT2D eigenvalue weighted by molar-refractivity contribution is -0.137. The van der Waals surface area contributed by atoms with Crippen molar-refractivity contribution in [2.24, 2.45) is 16.9 Å². The van der Waals surface area contributed by atoms with Crippen LogP contribution in [0.15, 0.2) is 77.9 Å². The number of hydrogen-bond acceptors (Lipinski definition) is 5. The van der Waals surface area contributed by atoms with E-state index in [4.69, 9.17) is 11.6 Å². The first kappa shape index (κ1) is 23.4. The van der Waals surface area contributed by atoms with Gasteiger partial charge in [0.15, 0.2) is 5.78 Å². The molecule has 6 nitrogen and oxygen atoms in total. The van der Waals surface area contributed by atoms with E-state index < -0.39 is 58.3 Å². The fraction of sp³-hybridized carbons (Fsp3) is 0.185. The van der Waals surface area contributed by atoms with Crippen LogP contribution in [0.5, 0.6) is 0 Å². The van der Waals surface area contributed by atoms with E-state index in [-0.39, 0.29) is 5.69 Å². The van der Waals surface area contributed by atoms with E-state index in [1.807, 2.05) is 6.07 Å². The first-order valence-corrected chi connectivity index (χ1v) is 11.8. The summed E-state index contributed by atoms with van der Waals surface area (Å²) >= 11 is 5.76. The molecule has 0 saturated carbocycles. The quantitative estimate of drug-likeness (QED) is 0.353. The summed E-state index contributed by atoms with van der Waals surface area (Å²) in [6.45, 7) is 0. The maximum Gasteiger partial charge on any atom is 0.417 e. The van der Waals surface area contributed by atoms with E-state index in [0.29, 0.717) is 17.2 Å². The summed E-state index contributed by atoms with van der Waals surface area (Å²) in [4.78, 5) is 42.1. The van der Waals surface area contributed by atoms with Crippen molar-refractivity contribution < 1.29 is 27.6 Å². The molecular formula is C27H17ClF3N3O3. The van der Waals surface area contributed by atoms with Gasteiger partial charge in [-0.15, -0.1) is 0 Å². The molecule has 0 bridgehead atoms. The van der Waals surface area contributed by atoms with Gasteiger partial charge in [0, 0.05) is 5.56 Å². The number of ketones is 1. The van der Waals surface area contributed by atoms with E-state index in [0.717, 1.165) is 16.5 Å². The van der Waals surface area contributed by atoms with Crippen molar-refractivity contribution in [1.29, 1.82) is 0 Å². The second kappa shape index (κ2) is 8.27. The maximum absolute atomic E-state index is 13.8. The summed E-state index contributed by atoms with van der Waals surface area (Å²) in [6.07, 6.45) is -3.20. The number of carbonyl (C=O) groups is 3. The molecule has 6 rings (SSSR count). The number of hydrogen-bond donors (Lipinski definition) is 0. The molecule has 3 aliphatic rings. The van der Waals surface area contributed by atoms with Crippen molar-refractivity contribution in [3.05, 3.63) is 100 Å². The summed E-state index contributed by atoms with van der Waals surface area (Å²) in [5.74, 6) is -3.99. The van der Waals surface area contributed by atoms with Crippen LogP contribution in [0.4, 0.5) is 18.9 Å². The van der Waals surface area contributed by atoms with Crippen LogP contribution < -0.4 is 4.90 Å². The molecule has 3 heterocycles. The Morgan fingerprint density at radius 3 is 2.30 bits per heavy atom. The van der Waals surface area contributed by atoms with Crippen LogP contribution in [-0.4, -0.2) is 34.9 Å². The molecule has 186 valence electrons. The van der Waals surface area contributed by atoms with E-state index in [9.17, 15) is 27.6 Å². The molecule has 0 aliphatic carbocycles. The SMILES string of the molecule is O=C(c1ccccc1)[C@H]1[C@H]2C(=O)N(c3ccc(Cl)c(C(F)(F)F)c3)C(=O)[C@H]2C2c3ccccc3C=NN21. The average Bonchev–Trinajstić information content (AvgIpc) is 3.36. The van der Waals surface area contributed by atoms with Gasteiger partial charge in [0.1, 0.15) is 6.04 Å². The van der Waals surface area contributed by atoms with Crippen molar-refractivity contribution in [3.8, 4) is 0 Å². The minimum Gasteiger partial charge on any atom is -0.292 e. The maximum atomic E-state index is 13.8. The minimum absolute atomic E-state index is 0.244. The second-order valence-electron chi connectivity index (χ2n) is 9.10. The molecule has 2 amide bonds. The van der Waals surface area contributed by atoms with Crippen molar-refractivity contribution in [3.63, 3.8) is 0 Å². The number of anilines is 1. The molecule has 4 atom stereocenters. The van der Waals surface area contributed by atoms with Crippen LogP contribution in [-0.2, 0) is 15.8 Å². The highest BCUT2D eigenvalue weighted by molar-refractivity contribution is 6.32. The molecule has 0 radical (unpaired) electrons. The topological polar surface area (TPSA) is 70.0 Å². The molecule has 2 saturated heterocycles. The van der Waals surface area contributed by atoms with Gasteiger partial charge in [-0.25, -0.2) is 4.90 Å². The fourth-order valence-corrected chi connectivity index (χ4v) is 5.79.